The Bertz CT molecular complexity index is 1520. The largest absolute Gasteiger partial charge is 0.497 e. The number of hydrogen-bond donors (Lipinski definition) is 3. The van der Waals surface area contributed by atoms with Crippen molar-refractivity contribution in [2.45, 2.75) is 18.9 Å². The standard InChI is InChI=1S/C34H34N2O6/c1-42-26-13-9-10-24(22-26)18-20-36(21-19-32(38)39)34(41)30-17-8-6-15-28(30)27-14-5-7-16-29(27)33(40)35-31(23-37)25-11-3-2-4-12-25/h2-17,22,31,37H,18-21,23H2,1H3,(H,35,40)(H,38,39). The van der Waals surface area contributed by atoms with E-state index in [1.54, 1.807) is 55.6 Å². The number of hydrogen-bond acceptors (Lipinski definition) is 5. The summed E-state index contributed by atoms with van der Waals surface area (Å²) in [5, 5.41) is 22.2. The Labute approximate surface area is 245 Å². The maximum atomic E-state index is 14.0. The van der Waals surface area contributed by atoms with Gasteiger partial charge in [-0.25, -0.2) is 0 Å². The Morgan fingerprint density at radius 1 is 0.810 bits per heavy atom. The van der Waals surface area contributed by atoms with Crippen molar-refractivity contribution in [3.05, 3.63) is 125 Å². The second-order valence-corrected chi connectivity index (χ2v) is 9.75. The number of methoxy groups -OCH3 is 1. The predicted molar refractivity (Wildman–Crippen MR) is 160 cm³/mol. The summed E-state index contributed by atoms with van der Waals surface area (Å²) in [6, 6.07) is 30.1. The third-order valence-corrected chi connectivity index (χ3v) is 7.00. The lowest BCUT2D eigenvalue weighted by Gasteiger charge is -2.24. The summed E-state index contributed by atoms with van der Waals surface area (Å²) in [4.78, 5) is 40.4. The first-order valence-corrected chi connectivity index (χ1v) is 13.7. The maximum Gasteiger partial charge on any atom is 0.305 e. The number of nitrogens with one attached hydrogen (secondary N) is 1. The van der Waals surface area contributed by atoms with E-state index in [1.807, 2.05) is 54.6 Å². The van der Waals surface area contributed by atoms with Crippen molar-refractivity contribution in [3.8, 4) is 16.9 Å². The Balaban J connectivity index is 1.63. The van der Waals surface area contributed by atoms with Crippen LogP contribution in [0.2, 0.25) is 0 Å². The second kappa shape index (κ2) is 14.6. The molecule has 0 saturated carbocycles. The molecule has 3 N–H and O–H groups in total. The van der Waals surface area contributed by atoms with Gasteiger partial charge < -0.3 is 25.2 Å². The summed E-state index contributed by atoms with van der Waals surface area (Å²) in [6.07, 6.45) is 0.304. The first kappa shape index (κ1) is 30.0. The highest BCUT2D eigenvalue weighted by atomic mass is 16.5. The number of carboxylic acid groups (broad SMARTS) is 1. The molecule has 8 nitrogen and oxygen atoms in total. The van der Waals surface area contributed by atoms with Crippen molar-refractivity contribution in [1.29, 1.82) is 0 Å². The molecule has 0 heterocycles. The highest BCUT2D eigenvalue weighted by Crippen LogP contribution is 2.29. The number of carbonyl (C=O) groups is 3. The number of ether oxygens (including phenoxy) is 1. The zero-order valence-corrected chi connectivity index (χ0v) is 23.4. The van der Waals surface area contributed by atoms with Crippen molar-refractivity contribution >= 4 is 17.8 Å². The van der Waals surface area contributed by atoms with Crippen molar-refractivity contribution in [2.24, 2.45) is 0 Å². The molecular weight excluding hydrogens is 532 g/mol. The molecule has 2 amide bonds. The first-order chi connectivity index (χ1) is 20.4. The second-order valence-electron chi connectivity index (χ2n) is 9.75. The van der Waals surface area contributed by atoms with Gasteiger partial charge in [0, 0.05) is 24.2 Å². The van der Waals surface area contributed by atoms with Gasteiger partial charge in [-0.05, 0) is 52.9 Å². The first-order valence-electron chi connectivity index (χ1n) is 13.7. The highest BCUT2D eigenvalue weighted by Gasteiger charge is 2.23. The summed E-state index contributed by atoms with van der Waals surface area (Å²) in [5.74, 6) is -1.02. The molecule has 0 fully saturated rings. The average molecular weight is 567 g/mol. The van der Waals surface area contributed by atoms with Crippen LogP contribution in [0.3, 0.4) is 0 Å². The molecule has 0 bridgehead atoms. The molecule has 42 heavy (non-hydrogen) atoms. The zero-order valence-electron chi connectivity index (χ0n) is 23.4. The monoisotopic (exact) mass is 566 g/mol. The number of aliphatic hydroxyl groups excluding tert-OH is 1. The minimum absolute atomic E-state index is 0.0316. The molecule has 0 aliphatic carbocycles. The van der Waals surface area contributed by atoms with E-state index in [4.69, 9.17) is 4.74 Å². The lowest BCUT2D eigenvalue weighted by Crippen LogP contribution is -2.35. The predicted octanol–water partition coefficient (Wildman–Crippen LogP) is 4.99. The minimum Gasteiger partial charge on any atom is -0.497 e. The summed E-state index contributed by atoms with van der Waals surface area (Å²) < 4.78 is 5.30. The molecule has 1 atom stereocenters. The van der Waals surface area contributed by atoms with Crippen LogP contribution in [0.1, 0.15) is 44.3 Å². The van der Waals surface area contributed by atoms with Gasteiger partial charge in [0.25, 0.3) is 11.8 Å². The summed E-state index contributed by atoms with van der Waals surface area (Å²) >= 11 is 0. The van der Waals surface area contributed by atoms with Gasteiger partial charge in [-0.1, -0.05) is 78.9 Å². The summed E-state index contributed by atoms with van der Waals surface area (Å²) in [5.41, 5.74) is 3.53. The third kappa shape index (κ3) is 7.62. The molecule has 4 aromatic rings. The Morgan fingerprint density at radius 2 is 1.45 bits per heavy atom. The molecule has 0 aliphatic rings. The molecule has 0 aromatic heterocycles. The van der Waals surface area contributed by atoms with Crippen LogP contribution in [-0.4, -0.2) is 59.7 Å². The number of nitrogens with zero attached hydrogens (tertiary/aromatic N) is 1. The Morgan fingerprint density at radius 3 is 2.12 bits per heavy atom. The smallest absolute Gasteiger partial charge is 0.305 e. The van der Waals surface area contributed by atoms with Crippen LogP contribution < -0.4 is 10.1 Å². The van der Waals surface area contributed by atoms with E-state index < -0.39 is 17.9 Å². The van der Waals surface area contributed by atoms with Crippen LogP contribution in [0.25, 0.3) is 11.1 Å². The van der Waals surface area contributed by atoms with Gasteiger partial charge in [0.2, 0.25) is 0 Å². The van der Waals surface area contributed by atoms with Crippen molar-refractivity contribution in [1.82, 2.24) is 10.2 Å². The Kier molecular flexibility index (Phi) is 10.4. The third-order valence-electron chi connectivity index (χ3n) is 7.00. The lowest BCUT2D eigenvalue weighted by atomic mass is 9.94. The SMILES string of the molecule is COc1cccc(CCN(CCC(=O)O)C(=O)c2ccccc2-c2ccccc2C(=O)NC(CO)c2ccccc2)c1. The molecular formula is C34H34N2O6. The molecule has 8 heteroatoms. The van der Waals surface area contributed by atoms with E-state index in [2.05, 4.69) is 5.32 Å². The van der Waals surface area contributed by atoms with E-state index >= 15 is 0 Å². The fourth-order valence-electron chi connectivity index (χ4n) is 4.78. The van der Waals surface area contributed by atoms with Gasteiger partial charge in [0.05, 0.1) is 26.2 Å². The molecule has 0 aliphatic heterocycles. The maximum absolute atomic E-state index is 14.0. The van der Waals surface area contributed by atoms with Gasteiger partial charge in [-0.2, -0.15) is 0 Å². The fourth-order valence-corrected chi connectivity index (χ4v) is 4.78. The van der Waals surface area contributed by atoms with Gasteiger partial charge in [-0.3, -0.25) is 14.4 Å². The normalized spacial score (nSPS) is 11.4. The molecule has 0 radical (unpaired) electrons. The number of benzene rings is 4. The van der Waals surface area contributed by atoms with Crippen LogP contribution in [0.4, 0.5) is 0 Å². The minimum atomic E-state index is -0.999. The summed E-state index contributed by atoms with van der Waals surface area (Å²) in [6.45, 7) is 0.0493. The van der Waals surface area contributed by atoms with Crippen LogP contribution in [-0.2, 0) is 11.2 Å². The van der Waals surface area contributed by atoms with Gasteiger partial charge in [0.15, 0.2) is 0 Å². The van der Waals surface area contributed by atoms with Crippen LogP contribution in [0, 0.1) is 0 Å². The van der Waals surface area contributed by atoms with Crippen molar-refractivity contribution < 1.29 is 29.3 Å². The van der Waals surface area contributed by atoms with E-state index in [0.29, 0.717) is 41.0 Å². The average Bonchev–Trinajstić information content (AvgIpc) is 3.03. The number of aliphatic hydroxyl groups is 1. The molecule has 216 valence electrons. The number of amides is 2. The van der Waals surface area contributed by atoms with E-state index in [1.165, 1.54) is 4.90 Å². The molecule has 0 spiro atoms. The number of carbonyl (C=O) groups excluding carboxylic acids is 2. The quantitative estimate of drug-likeness (QED) is 0.210. The van der Waals surface area contributed by atoms with Crippen molar-refractivity contribution in [2.75, 3.05) is 26.8 Å². The van der Waals surface area contributed by atoms with Crippen molar-refractivity contribution in [3.63, 3.8) is 0 Å². The molecule has 4 aromatic carbocycles. The fraction of sp³-hybridized carbons (Fsp3) is 0.206. The zero-order chi connectivity index (χ0) is 29.9. The van der Waals surface area contributed by atoms with Crippen LogP contribution in [0.15, 0.2) is 103 Å². The number of aliphatic carboxylic acids is 1. The Hall–Kier alpha value is -4.95. The van der Waals surface area contributed by atoms with Gasteiger partial charge in [0.1, 0.15) is 5.75 Å². The highest BCUT2D eigenvalue weighted by molar-refractivity contribution is 6.06. The van der Waals surface area contributed by atoms with Crippen LogP contribution in [0.5, 0.6) is 5.75 Å². The number of carboxylic acids is 1. The molecule has 4 rings (SSSR count). The lowest BCUT2D eigenvalue weighted by molar-refractivity contribution is -0.137. The van der Waals surface area contributed by atoms with Gasteiger partial charge in [-0.15, -0.1) is 0 Å². The topological polar surface area (TPSA) is 116 Å². The summed E-state index contributed by atoms with van der Waals surface area (Å²) in [7, 11) is 1.59. The van der Waals surface area contributed by atoms with Gasteiger partial charge >= 0.3 is 5.97 Å². The van der Waals surface area contributed by atoms with E-state index in [9.17, 15) is 24.6 Å². The molecule has 1 unspecified atom stereocenters. The van der Waals surface area contributed by atoms with E-state index in [-0.39, 0.29) is 25.5 Å². The number of rotatable bonds is 13. The van der Waals surface area contributed by atoms with E-state index in [0.717, 1.165) is 11.1 Å². The van der Waals surface area contributed by atoms with Crippen LogP contribution >= 0.6 is 0 Å². The molecule has 0 saturated heterocycles.